The molecule has 7 rings (SSSR count). The molecule has 2 unspecified atom stereocenters. The predicted molar refractivity (Wildman–Crippen MR) is 167 cm³/mol. The van der Waals surface area contributed by atoms with Crippen LogP contribution >= 0.6 is 58.4 Å². The zero-order chi connectivity index (χ0) is 31.5. The number of urea groups is 2. The second-order valence-corrected chi connectivity index (χ2v) is 16.1. The first-order valence-electron chi connectivity index (χ1n) is 13.5. The molecule has 6 heterocycles. The average molecular weight is 731 g/mol. The second-order valence-electron chi connectivity index (χ2n) is 10.2. The Labute approximate surface area is 304 Å². The molecule has 3 saturated heterocycles. The number of β-lactam (4-membered cyclic amide) rings is 1. The van der Waals surface area contributed by atoms with E-state index in [4.69, 9.17) is 0 Å². The summed E-state index contributed by atoms with van der Waals surface area (Å²) in [4.78, 5) is 69.9. The molecule has 1 aromatic carbocycles. The Morgan fingerprint density at radius 2 is 1.98 bits per heavy atom. The van der Waals surface area contributed by atoms with Gasteiger partial charge >= 0.3 is 41.6 Å². The number of carboxylic acids is 1. The van der Waals surface area contributed by atoms with Crippen LogP contribution in [0.25, 0.3) is 0 Å². The van der Waals surface area contributed by atoms with Crippen LogP contribution in [0.1, 0.15) is 5.56 Å². The van der Waals surface area contributed by atoms with Gasteiger partial charge in [0.25, 0.3) is 11.8 Å². The normalized spacial score (nSPS) is 25.2. The van der Waals surface area contributed by atoms with E-state index in [0.29, 0.717) is 21.2 Å². The number of carbonyl (C=O) groups is 5. The Balaban J connectivity index is 0.00000372. The number of carbonyl (C=O) groups excluding carboxylic acids is 5. The van der Waals surface area contributed by atoms with Gasteiger partial charge < -0.3 is 35.9 Å². The maximum atomic E-state index is 14.5. The SMILES string of the molecule is O=C([O-])C1=C(CSc2nncs2)CS[C@H]2C(NC(=O)C3(NC(=O)N4CCNC4=O)c4ccc(O)c(c4)N3C3SCCS3)C(=O)N12.[Na+]. The number of anilines is 1. The summed E-state index contributed by atoms with van der Waals surface area (Å²) in [6, 6.07) is 1.98. The van der Waals surface area contributed by atoms with E-state index in [1.165, 1.54) is 70.5 Å². The van der Waals surface area contributed by atoms with E-state index in [-0.39, 0.29) is 65.6 Å². The van der Waals surface area contributed by atoms with Crippen LogP contribution in [-0.4, -0.2) is 107 Å². The fourth-order valence-corrected chi connectivity index (χ4v) is 11.7. The first-order valence-corrected chi connectivity index (χ1v) is 18.5. The number of fused-ring (bicyclic) bond motifs is 3. The minimum absolute atomic E-state index is 0. The van der Waals surface area contributed by atoms with Gasteiger partial charge in [-0.2, -0.15) is 0 Å². The number of carboxylic acid groups (broad SMARTS) is 1. The van der Waals surface area contributed by atoms with Crippen molar-refractivity contribution in [2.24, 2.45) is 0 Å². The molecule has 6 amide bonds. The topological polar surface area (TPSA) is 200 Å². The molecule has 0 saturated carbocycles. The van der Waals surface area contributed by atoms with E-state index in [9.17, 15) is 34.2 Å². The minimum Gasteiger partial charge on any atom is -0.543 e. The van der Waals surface area contributed by atoms with Gasteiger partial charge in [-0.05, 0) is 17.7 Å². The van der Waals surface area contributed by atoms with E-state index in [1.54, 1.807) is 16.5 Å². The molecule has 3 atom stereocenters. The van der Waals surface area contributed by atoms with Gasteiger partial charge in [0, 0.05) is 41.7 Å². The molecule has 21 heteroatoms. The summed E-state index contributed by atoms with van der Waals surface area (Å²) in [6.45, 7) is 0.337. The number of phenols is 1. The number of rotatable bonds is 8. The van der Waals surface area contributed by atoms with Crippen molar-refractivity contribution in [3.63, 3.8) is 0 Å². The van der Waals surface area contributed by atoms with Crippen molar-refractivity contribution in [2.75, 3.05) is 41.0 Å². The van der Waals surface area contributed by atoms with Crippen LogP contribution in [0.15, 0.2) is 39.3 Å². The molecule has 0 radical (unpaired) electrons. The van der Waals surface area contributed by atoms with Crippen molar-refractivity contribution in [3.8, 4) is 5.75 Å². The molecule has 46 heavy (non-hydrogen) atoms. The molecule has 236 valence electrons. The third-order valence-electron chi connectivity index (χ3n) is 7.78. The molecule has 2 bridgehead atoms. The molecule has 2 aromatic rings. The predicted octanol–water partition coefficient (Wildman–Crippen LogP) is -3.08. The van der Waals surface area contributed by atoms with E-state index in [0.717, 1.165) is 21.3 Å². The van der Waals surface area contributed by atoms with Crippen LogP contribution < -0.4 is 55.5 Å². The van der Waals surface area contributed by atoms with E-state index < -0.39 is 51.6 Å². The van der Waals surface area contributed by atoms with Crippen molar-refractivity contribution >= 4 is 93.9 Å². The zero-order valence-electron chi connectivity index (χ0n) is 24.0. The Kier molecular flexibility index (Phi) is 9.70. The molecule has 0 aliphatic carbocycles. The van der Waals surface area contributed by atoms with Crippen molar-refractivity contribution in [1.82, 2.24) is 35.9 Å². The Morgan fingerprint density at radius 1 is 1.20 bits per heavy atom. The maximum Gasteiger partial charge on any atom is 1.00 e. The van der Waals surface area contributed by atoms with Crippen LogP contribution in [0.3, 0.4) is 0 Å². The van der Waals surface area contributed by atoms with Gasteiger partial charge in [-0.3, -0.25) is 14.5 Å². The summed E-state index contributed by atoms with van der Waals surface area (Å²) < 4.78 is 0.258. The smallest absolute Gasteiger partial charge is 0.543 e. The molecule has 5 aliphatic rings. The third kappa shape index (κ3) is 5.53. The fourth-order valence-electron chi connectivity index (χ4n) is 5.75. The zero-order valence-corrected chi connectivity index (χ0v) is 30.0. The largest absolute Gasteiger partial charge is 1.00 e. The summed E-state index contributed by atoms with van der Waals surface area (Å²) in [5.74, 6) is -0.942. The Bertz CT molecular complexity index is 1640. The van der Waals surface area contributed by atoms with Crippen molar-refractivity contribution in [2.45, 2.75) is 26.1 Å². The number of nitrogens with one attached hydrogen (secondary N) is 3. The Hall–Kier alpha value is -2.33. The number of phenolic OH excluding ortho intramolecular Hbond substituents is 1. The number of aromatic nitrogens is 2. The number of hydrogen-bond acceptors (Lipinski definition) is 15. The number of amides is 6. The molecule has 0 spiro atoms. The minimum atomic E-state index is -1.93. The number of aliphatic carboxylic acids is 1. The van der Waals surface area contributed by atoms with Gasteiger partial charge in [0.15, 0.2) is 4.34 Å². The second kappa shape index (κ2) is 13.3. The molecule has 15 nitrogen and oxygen atoms in total. The van der Waals surface area contributed by atoms with Gasteiger partial charge in [0.1, 0.15) is 27.4 Å². The number of aromatic hydroxyl groups is 1. The molecule has 1 aromatic heterocycles. The van der Waals surface area contributed by atoms with Crippen molar-refractivity contribution in [3.05, 3.63) is 40.5 Å². The number of nitrogens with zero attached hydrogens (tertiary/aromatic N) is 5. The van der Waals surface area contributed by atoms with Gasteiger partial charge in [-0.15, -0.1) is 45.5 Å². The molecule has 3 fully saturated rings. The Morgan fingerprint density at radius 3 is 2.65 bits per heavy atom. The quantitative estimate of drug-likeness (QED) is 0.121. The van der Waals surface area contributed by atoms with Crippen molar-refractivity contribution < 1.29 is 63.7 Å². The molecular weight excluding hydrogens is 708 g/mol. The molecule has 4 N–H and O–H groups in total. The van der Waals surface area contributed by atoms with Crippen LogP contribution in [0.4, 0.5) is 15.3 Å². The summed E-state index contributed by atoms with van der Waals surface area (Å²) >= 11 is 6.97. The van der Waals surface area contributed by atoms with Gasteiger partial charge in [0.05, 0.1) is 17.4 Å². The standard InChI is InChI=1S/C25H24N8O7S5.Na/c34-14-2-1-12-7-13(14)33(24-41-5-6-42-24)25(12,29-22(40)31-4-3-26-21(31)39)20(38)28-15-17(35)32-16(19(36)37)11(8-43-18(15)32)9-44-23-30-27-10-45-23;/h1-2,7,10,15,18,24,34H,3-6,8-9H2,(H,26,39)(H,28,38)(H,29,40)(H,36,37);/q;+1/p-1/t15?,18-,25?;/m0./s1. The summed E-state index contributed by atoms with van der Waals surface area (Å²) in [6.07, 6.45) is 0. The van der Waals surface area contributed by atoms with Crippen molar-refractivity contribution in [1.29, 1.82) is 0 Å². The average Bonchev–Trinajstić information content (AvgIpc) is 3.84. The molecular formula is C25H23N8NaO7S5. The van der Waals surface area contributed by atoms with Crippen LogP contribution in [0.5, 0.6) is 5.75 Å². The summed E-state index contributed by atoms with van der Waals surface area (Å²) in [5.41, 5.74) is 0.547. The first-order chi connectivity index (χ1) is 21.7. The molecule has 5 aliphatic heterocycles. The van der Waals surface area contributed by atoms with E-state index in [1.807, 2.05) is 0 Å². The van der Waals surface area contributed by atoms with Crippen LogP contribution in [0.2, 0.25) is 0 Å². The summed E-state index contributed by atoms with van der Waals surface area (Å²) in [5, 5.41) is 38.2. The van der Waals surface area contributed by atoms with Gasteiger partial charge in [-0.25, -0.2) is 14.5 Å². The number of benzene rings is 1. The van der Waals surface area contributed by atoms with E-state index >= 15 is 0 Å². The number of thioether (sulfide) groups is 4. The van der Waals surface area contributed by atoms with E-state index in [2.05, 4.69) is 26.1 Å². The van der Waals surface area contributed by atoms with Crippen LogP contribution in [0, 0.1) is 0 Å². The number of hydrogen-bond donors (Lipinski definition) is 4. The monoisotopic (exact) mass is 730 g/mol. The maximum absolute atomic E-state index is 14.5. The first kappa shape index (κ1) is 33.6. The van der Waals surface area contributed by atoms with Gasteiger partial charge in [0.2, 0.25) is 5.66 Å². The third-order valence-corrected chi connectivity index (χ3v) is 14.0. The number of imide groups is 1. The van der Waals surface area contributed by atoms with Crippen LogP contribution in [-0.2, 0) is 20.0 Å². The van der Waals surface area contributed by atoms with Gasteiger partial charge in [-0.1, -0.05) is 29.2 Å². The fraction of sp³-hybridized carbons (Fsp3) is 0.400. The summed E-state index contributed by atoms with van der Waals surface area (Å²) in [7, 11) is 0.